The molecule has 0 amide bonds. The van der Waals surface area contributed by atoms with Crippen LogP contribution < -0.4 is 0 Å². The Bertz CT molecular complexity index is 708. The monoisotopic (exact) mass is 236 g/mol. The van der Waals surface area contributed by atoms with Gasteiger partial charge in [0.2, 0.25) is 0 Å². The molecule has 2 heterocycles. The summed E-state index contributed by atoms with van der Waals surface area (Å²) in [5.74, 6) is 0. The van der Waals surface area contributed by atoms with Gasteiger partial charge < -0.3 is 0 Å². The first kappa shape index (κ1) is 10.0. The first-order valence-corrected chi connectivity index (χ1v) is 6.05. The maximum atomic E-state index is 9.21. The molecule has 0 aliphatic rings. The summed E-state index contributed by atoms with van der Waals surface area (Å²) in [5, 5.41) is 10.3. The fraction of sp³-hybridized carbons (Fsp3) is 0. The highest BCUT2D eigenvalue weighted by Crippen LogP contribution is 2.37. The molecule has 17 heavy (non-hydrogen) atoms. The Labute approximate surface area is 103 Å². The minimum atomic E-state index is 0.727. The highest BCUT2D eigenvalue weighted by Gasteiger charge is 2.13. The largest absolute Gasteiger partial charge is 0.256 e. The van der Waals surface area contributed by atoms with E-state index in [0.29, 0.717) is 0 Å². The Morgan fingerprint density at radius 1 is 1.06 bits per heavy atom. The highest BCUT2D eigenvalue weighted by atomic mass is 32.1. The molecule has 0 unspecified atom stereocenters. The summed E-state index contributed by atoms with van der Waals surface area (Å²) in [6, 6.07) is 16.1. The average Bonchev–Trinajstić information content (AvgIpc) is 2.78. The molecule has 0 bridgehead atoms. The predicted molar refractivity (Wildman–Crippen MR) is 69.8 cm³/mol. The van der Waals surface area contributed by atoms with Crippen molar-refractivity contribution in [1.82, 2.24) is 4.98 Å². The number of fused-ring (bicyclic) bond motifs is 1. The molecule has 0 aliphatic carbocycles. The maximum absolute atomic E-state index is 9.21. The van der Waals surface area contributed by atoms with Gasteiger partial charge in [-0.15, -0.1) is 11.3 Å². The molecule has 3 aromatic rings. The zero-order valence-corrected chi connectivity index (χ0v) is 9.74. The number of nitrogens with zero attached hydrogens (tertiary/aromatic N) is 2. The molecule has 3 heteroatoms. The van der Waals surface area contributed by atoms with Crippen molar-refractivity contribution in [3.05, 3.63) is 53.5 Å². The lowest BCUT2D eigenvalue weighted by atomic mass is 10.1. The van der Waals surface area contributed by atoms with Gasteiger partial charge in [0.25, 0.3) is 0 Å². The Kier molecular flexibility index (Phi) is 2.36. The molecule has 0 radical (unpaired) electrons. The number of hydrogen-bond acceptors (Lipinski definition) is 3. The standard InChI is InChI=1S/C14H8N2S/c15-9-13-14(11-6-3-4-8-16-11)10-5-1-2-7-12(10)17-13/h1-8H. The van der Waals surface area contributed by atoms with Crippen molar-refractivity contribution in [1.29, 1.82) is 5.26 Å². The van der Waals surface area contributed by atoms with Gasteiger partial charge in [-0.25, -0.2) is 0 Å². The van der Waals surface area contributed by atoms with Gasteiger partial charge in [-0.3, -0.25) is 4.98 Å². The van der Waals surface area contributed by atoms with Crippen molar-refractivity contribution in [2.45, 2.75) is 0 Å². The molecule has 0 aliphatic heterocycles. The van der Waals surface area contributed by atoms with E-state index in [1.807, 2.05) is 42.5 Å². The van der Waals surface area contributed by atoms with E-state index in [0.717, 1.165) is 26.2 Å². The van der Waals surface area contributed by atoms with Crippen LogP contribution in [0.25, 0.3) is 21.3 Å². The van der Waals surface area contributed by atoms with Crippen LogP contribution in [0.5, 0.6) is 0 Å². The molecule has 0 saturated heterocycles. The Morgan fingerprint density at radius 3 is 2.65 bits per heavy atom. The lowest BCUT2D eigenvalue weighted by molar-refractivity contribution is 1.33. The van der Waals surface area contributed by atoms with Gasteiger partial charge in [-0.2, -0.15) is 5.26 Å². The van der Waals surface area contributed by atoms with Crippen LogP contribution in [0.15, 0.2) is 48.7 Å². The Hall–Kier alpha value is -2.18. The second-order valence-electron chi connectivity index (χ2n) is 3.63. The minimum absolute atomic E-state index is 0.727. The van der Waals surface area contributed by atoms with E-state index in [-0.39, 0.29) is 0 Å². The van der Waals surface area contributed by atoms with Gasteiger partial charge in [-0.1, -0.05) is 24.3 Å². The van der Waals surface area contributed by atoms with Crippen LogP contribution >= 0.6 is 11.3 Å². The number of rotatable bonds is 1. The first-order valence-electron chi connectivity index (χ1n) is 5.23. The van der Waals surface area contributed by atoms with Gasteiger partial charge in [0.1, 0.15) is 10.9 Å². The fourth-order valence-electron chi connectivity index (χ4n) is 1.89. The molecular formula is C14H8N2S. The number of benzene rings is 1. The number of pyridine rings is 1. The van der Waals surface area contributed by atoms with E-state index >= 15 is 0 Å². The molecule has 0 spiro atoms. The van der Waals surface area contributed by atoms with Gasteiger partial charge in [0, 0.05) is 21.8 Å². The van der Waals surface area contributed by atoms with E-state index < -0.39 is 0 Å². The summed E-state index contributed by atoms with van der Waals surface area (Å²) >= 11 is 1.52. The van der Waals surface area contributed by atoms with Crippen LogP contribution in [0.4, 0.5) is 0 Å². The molecule has 1 aromatic carbocycles. The van der Waals surface area contributed by atoms with Gasteiger partial charge in [-0.05, 0) is 18.2 Å². The highest BCUT2D eigenvalue weighted by molar-refractivity contribution is 7.20. The number of hydrogen-bond donors (Lipinski definition) is 0. The van der Waals surface area contributed by atoms with Crippen LogP contribution in [0.2, 0.25) is 0 Å². The van der Waals surface area contributed by atoms with Crippen molar-refractivity contribution in [2.75, 3.05) is 0 Å². The second-order valence-corrected chi connectivity index (χ2v) is 4.68. The number of nitriles is 1. The zero-order valence-electron chi connectivity index (χ0n) is 8.92. The van der Waals surface area contributed by atoms with E-state index in [4.69, 9.17) is 0 Å². The SMILES string of the molecule is N#Cc1sc2ccccc2c1-c1ccccn1. The summed E-state index contributed by atoms with van der Waals surface area (Å²) in [7, 11) is 0. The van der Waals surface area contributed by atoms with Crippen LogP contribution in [0.3, 0.4) is 0 Å². The van der Waals surface area contributed by atoms with E-state index in [1.54, 1.807) is 6.20 Å². The van der Waals surface area contributed by atoms with E-state index in [9.17, 15) is 5.26 Å². The summed E-state index contributed by atoms with van der Waals surface area (Å²) in [4.78, 5) is 5.06. The average molecular weight is 236 g/mol. The van der Waals surface area contributed by atoms with Crippen molar-refractivity contribution < 1.29 is 0 Å². The summed E-state index contributed by atoms with van der Waals surface area (Å²) in [6.45, 7) is 0. The van der Waals surface area contributed by atoms with Crippen LogP contribution in [0.1, 0.15) is 4.88 Å². The fourth-order valence-corrected chi connectivity index (χ4v) is 2.90. The Balaban J connectivity index is 2.39. The molecule has 80 valence electrons. The third-order valence-electron chi connectivity index (χ3n) is 2.62. The summed E-state index contributed by atoms with van der Waals surface area (Å²) < 4.78 is 1.13. The number of thiophene rings is 1. The molecule has 0 fully saturated rings. The lowest BCUT2D eigenvalue weighted by Gasteiger charge is -1.98. The molecule has 2 nitrogen and oxygen atoms in total. The predicted octanol–water partition coefficient (Wildman–Crippen LogP) is 3.83. The van der Waals surface area contributed by atoms with Crippen molar-refractivity contribution >= 4 is 21.4 Å². The van der Waals surface area contributed by atoms with E-state index in [1.165, 1.54) is 11.3 Å². The maximum Gasteiger partial charge on any atom is 0.115 e. The normalized spacial score (nSPS) is 10.3. The molecular weight excluding hydrogens is 228 g/mol. The van der Waals surface area contributed by atoms with Crippen molar-refractivity contribution in [3.8, 4) is 17.3 Å². The van der Waals surface area contributed by atoms with Crippen molar-refractivity contribution in [3.63, 3.8) is 0 Å². The number of aromatic nitrogens is 1. The third kappa shape index (κ3) is 1.59. The molecule has 2 aromatic heterocycles. The second kappa shape index (κ2) is 4.00. The topological polar surface area (TPSA) is 36.7 Å². The summed E-state index contributed by atoms with van der Waals surface area (Å²) in [5.41, 5.74) is 1.82. The minimum Gasteiger partial charge on any atom is -0.256 e. The quantitative estimate of drug-likeness (QED) is 0.643. The summed E-state index contributed by atoms with van der Waals surface area (Å²) in [6.07, 6.45) is 1.75. The van der Waals surface area contributed by atoms with Gasteiger partial charge in [0.05, 0.1) is 5.69 Å². The Morgan fingerprint density at radius 2 is 1.88 bits per heavy atom. The smallest absolute Gasteiger partial charge is 0.115 e. The van der Waals surface area contributed by atoms with Gasteiger partial charge >= 0.3 is 0 Å². The van der Waals surface area contributed by atoms with Crippen molar-refractivity contribution in [2.24, 2.45) is 0 Å². The lowest BCUT2D eigenvalue weighted by Crippen LogP contribution is -1.82. The third-order valence-corrected chi connectivity index (χ3v) is 3.69. The van der Waals surface area contributed by atoms with Gasteiger partial charge in [0.15, 0.2) is 0 Å². The van der Waals surface area contributed by atoms with E-state index in [2.05, 4.69) is 11.1 Å². The molecule has 0 N–H and O–H groups in total. The molecule has 3 rings (SSSR count). The first-order chi connectivity index (χ1) is 8.40. The van der Waals surface area contributed by atoms with Crippen LogP contribution in [-0.4, -0.2) is 4.98 Å². The zero-order chi connectivity index (χ0) is 11.7. The van der Waals surface area contributed by atoms with Crippen LogP contribution in [0, 0.1) is 11.3 Å². The van der Waals surface area contributed by atoms with Crippen LogP contribution in [-0.2, 0) is 0 Å². The molecule has 0 atom stereocenters. The molecule has 0 saturated carbocycles.